The number of thioether (sulfide) groups is 1. The van der Waals surface area contributed by atoms with Crippen molar-refractivity contribution in [2.24, 2.45) is 0 Å². The van der Waals surface area contributed by atoms with Gasteiger partial charge in [-0.1, -0.05) is 17.8 Å². The van der Waals surface area contributed by atoms with Crippen LogP contribution in [0.5, 0.6) is 0 Å². The van der Waals surface area contributed by atoms with Gasteiger partial charge < -0.3 is 4.57 Å². The van der Waals surface area contributed by atoms with Crippen LogP contribution in [0.15, 0.2) is 27.8 Å². The summed E-state index contributed by atoms with van der Waals surface area (Å²) in [6.45, 7) is 0. The van der Waals surface area contributed by atoms with Crippen LogP contribution in [-0.4, -0.2) is 14.8 Å². The van der Waals surface area contributed by atoms with Gasteiger partial charge in [-0.3, -0.25) is 0 Å². The Hall–Kier alpha value is -0.880. The number of halogens is 2. The lowest BCUT2D eigenvalue weighted by Crippen LogP contribution is -2.01. The second-order valence-electron chi connectivity index (χ2n) is 5.75. The summed E-state index contributed by atoms with van der Waals surface area (Å²) in [5, 5.41) is 9.80. The predicted octanol–water partition coefficient (Wildman–Crippen LogP) is 4.68. The largest absolute Gasteiger partial charge is 0.303 e. The van der Waals surface area contributed by atoms with Crippen molar-refractivity contribution in [3.63, 3.8) is 0 Å². The molecule has 1 aromatic heterocycles. The van der Waals surface area contributed by atoms with Crippen LogP contribution < -0.4 is 0 Å². The summed E-state index contributed by atoms with van der Waals surface area (Å²) in [4.78, 5) is 0. The maximum absolute atomic E-state index is 13.3. The number of hydrogen-bond acceptors (Lipinski definition) is 3. The molecule has 0 bridgehead atoms. The summed E-state index contributed by atoms with van der Waals surface area (Å²) < 4.78 is 16.1. The number of benzene rings is 1. The van der Waals surface area contributed by atoms with Crippen LogP contribution in [0, 0.1) is 5.82 Å². The highest BCUT2D eigenvalue weighted by atomic mass is 79.9. The summed E-state index contributed by atoms with van der Waals surface area (Å²) >= 11 is 4.93. The molecule has 0 N–H and O–H groups in total. The maximum atomic E-state index is 13.3. The Morgan fingerprint density at radius 2 is 2.05 bits per heavy atom. The van der Waals surface area contributed by atoms with E-state index in [9.17, 15) is 4.39 Å². The smallest absolute Gasteiger partial charge is 0.191 e. The molecular formula is C15H15BrFN3S. The van der Waals surface area contributed by atoms with Crippen LogP contribution in [-0.2, 0) is 5.75 Å². The van der Waals surface area contributed by atoms with Gasteiger partial charge in [-0.25, -0.2) is 4.39 Å². The fraction of sp³-hybridized carbons (Fsp3) is 0.467. The molecule has 21 heavy (non-hydrogen) atoms. The minimum atomic E-state index is -0.221. The molecule has 2 aliphatic carbocycles. The molecular weight excluding hydrogens is 353 g/mol. The van der Waals surface area contributed by atoms with E-state index in [4.69, 9.17) is 0 Å². The Morgan fingerprint density at radius 1 is 1.24 bits per heavy atom. The maximum Gasteiger partial charge on any atom is 0.191 e. The lowest BCUT2D eigenvalue weighted by atomic mass is 10.2. The van der Waals surface area contributed by atoms with E-state index >= 15 is 0 Å². The average Bonchev–Trinajstić information content (AvgIpc) is 3.39. The molecule has 110 valence electrons. The van der Waals surface area contributed by atoms with E-state index in [2.05, 4.69) is 30.7 Å². The van der Waals surface area contributed by atoms with E-state index in [1.807, 2.05) is 12.1 Å². The molecule has 1 aromatic carbocycles. The predicted molar refractivity (Wildman–Crippen MR) is 83.9 cm³/mol. The highest BCUT2D eigenvalue weighted by Gasteiger charge is 2.36. The standard InChI is InChI=1S/C15H15BrFN3S/c16-12-7-9(1-6-13(12)17)8-21-15-19-18-14(10-2-3-10)20(15)11-4-5-11/h1,6-7,10-11H,2-5,8H2. The fourth-order valence-corrected chi connectivity index (χ4v) is 3.84. The normalized spacial score (nSPS) is 18.2. The minimum Gasteiger partial charge on any atom is -0.303 e. The van der Waals surface area contributed by atoms with Gasteiger partial charge in [0.05, 0.1) is 4.47 Å². The van der Waals surface area contributed by atoms with Crippen molar-refractivity contribution in [1.29, 1.82) is 0 Å². The van der Waals surface area contributed by atoms with Crippen LogP contribution in [0.25, 0.3) is 0 Å². The molecule has 0 saturated heterocycles. The van der Waals surface area contributed by atoms with Crippen LogP contribution in [0.1, 0.15) is 49.0 Å². The van der Waals surface area contributed by atoms with E-state index in [0.717, 1.165) is 16.5 Å². The Labute approximate surface area is 135 Å². The number of hydrogen-bond donors (Lipinski definition) is 0. The molecule has 4 rings (SSSR count). The van der Waals surface area contributed by atoms with Crippen molar-refractivity contribution in [3.05, 3.63) is 39.9 Å². The second kappa shape index (κ2) is 5.39. The second-order valence-corrected chi connectivity index (χ2v) is 7.55. The third-order valence-corrected chi connectivity index (χ3v) is 5.52. The first-order valence-electron chi connectivity index (χ1n) is 7.24. The van der Waals surface area contributed by atoms with E-state index in [1.165, 1.54) is 37.6 Å². The monoisotopic (exact) mass is 367 g/mol. The van der Waals surface area contributed by atoms with Gasteiger partial charge in [-0.2, -0.15) is 0 Å². The van der Waals surface area contributed by atoms with Crippen molar-refractivity contribution in [1.82, 2.24) is 14.8 Å². The van der Waals surface area contributed by atoms with Gasteiger partial charge in [0.15, 0.2) is 5.16 Å². The average molecular weight is 368 g/mol. The van der Waals surface area contributed by atoms with Gasteiger partial charge in [0.1, 0.15) is 11.6 Å². The third-order valence-electron chi connectivity index (χ3n) is 3.90. The van der Waals surface area contributed by atoms with Gasteiger partial charge in [-0.15, -0.1) is 10.2 Å². The summed E-state index contributed by atoms with van der Waals surface area (Å²) in [6, 6.07) is 5.77. The zero-order chi connectivity index (χ0) is 14.4. The van der Waals surface area contributed by atoms with Crippen LogP contribution >= 0.6 is 27.7 Å². The quantitative estimate of drug-likeness (QED) is 0.718. The summed E-state index contributed by atoms with van der Waals surface area (Å²) in [6.07, 6.45) is 4.99. The summed E-state index contributed by atoms with van der Waals surface area (Å²) in [5.74, 6) is 2.38. The zero-order valence-electron chi connectivity index (χ0n) is 11.4. The summed E-state index contributed by atoms with van der Waals surface area (Å²) in [7, 11) is 0. The molecule has 3 nitrogen and oxygen atoms in total. The number of rotatable bonds is 5. The van der Waals surface area contributed by atoms with Crippen molar-refractivity contribution in [2.75, 3.05) is 0 Å². The topological polar surface area (TPSA) is 30.7 Å². The molecule has 0 unspecified atom stereocenters. The van der Waals surface area contributed by atoms with E-state index in [-0.39, 0.29) is 5.82 Å². The van der Waals surface area contributed by atoms with Crippen molar-refractivity contribution < 1.29 is 4.39 Å². The molecule has 0 radical (unpaired) electrons. The lowest BCUT2D eigenvalue weighted by molar-refractivity contribution is 0.620. The first-order valence-corrected chi connectivity index (χ1v) is 9.02. The van der Waals surface area contributed by atoms with Crippen LogP contribution in [0.4, 0.5) is 4.39 Å². The Bertz CT molecular complexity index is 680. The molecule has 0 spiro atoms. The highest BCUT2D eigenvalue weighted by Crippen LogP contribution is 2.46. The minimum absolute atomic E-state index is 0.221. The van der Waals surface area contributed by atoms with Crippen molar-refractivity contribution >= 4 is 27.7 Å². The highest BCUT2D eigenvalue weighted by molar-refractivity contribution is 9.10. The summed E-state index contributed by atoms with van der Waals surface area (Å²) in [5.41, 5.74) is 1.09. The molecule has 0 atom stereocenters. The molecule has 0 amide bonds. The van der Waals surface area contributed by atoms with E-state index < -0.39 is 0 Å². The van der Waals surface area contributed by atoms with Gasteiger partial charge >= 0.3 is 0 Å². The number of aromatic nitrogens is 3. The number of nitrogens with zero attached hydrogens (tertiary/aromatic N) is 3. The molecule has 2 aliphatic rings. The molecule has 2 aromatic rings. The fourth-order valence-electron chi connectivity index (χ4n) is 2.46. The first-order chi connectivity index (χ1) is 10.2. The molecule has 6 heteroatoms. The Kier molecular flexibility index (Phi) is 3.53. The van der Waals surface area contributed by atoms with Gasteiger partial charge in [0.2, 0.25) is 0 Å². The van der Waals surface area contributed by atoms with Gasteiger partial charge in [-0.05, 0) is 59.3 Å². The molecule has 0 aliphatic heterocycles. The SMILES string of the molecule is Fc1ccc(CSc2nnc(C3CC3)n2C2CC2)cc1Br. The Morgan fingerprint density at radius 3 is 2.71 bits per heavy atom. The van der Waals surface area contributed by atoms with E-state index in [1.54, 1.807) is 11.8 Å². The van der Waals surface area contributed by atoms with Crippen LogP contribution in [0.2, 0.25) is 0 Å². The van der Waals surface area contributed by atoms with E-state index in [0.29, 0.717) is 16.4 Å². The lowest BCUT2D eigenvalue weighted by Gasteiger charge is -2.08. The molecule has 2 fully saturated rings. The van der Waals surface area contributed by atoms with Crippen molar-refractivity contribution in [3.8, 4) is 0 Å². The van der Waals surface area contributed by atoms with Crippen molar-refractivity contribution in [2.45, 2.75) is 48.6 Å². The molecule has 1 heterocycles. The van der Waals surface area contributed by atoms with Crippen LogP contribution in [0.3, 0.4) is 0 Å². The third kappa shape index (κ3) is 2.88. The van der Waals surface area contributed by atoms with Gasteiger partial charge in [0.25, 0.3) is 0 Å². The Balaban J connectivity index is 1.53. The molecule has 2 saturated carbocycles. The first kappa shape index (κ1) is 13.8. The zero-order valence-corrected chi connectivity index (χ0v) is 13.8. The van der Waals surface area contributed by atoms with Gasteiger partial charge in [0, 0.05) is 17.7 Å².